The summed E-state index contributed by atoms with van der Waals surface area (Å²) in [6.45, 7) is 7.08. The van der Waals surface area contributed by atoms with Crippen LogP contribution in [0.2, 0.25) is 5.02 Å². The fraction of sp³-hybridized carbons (Fsp3) is 0.370. The first-order chi connectivity index (χ1) is 17.7. The molecule has 37 heavy (non-hydrogen) atoms. The van der Waals surface area contributed by atoms with Gasteiger partial charge in [-0.2, -0.15) is 0 Å². The maximum absolute atomic E-state index is 13.0. The van der Waals surface area contributed by atoms with Crippen molar-refractivity contribution >= 4 is 63.5 Å². The van der Waals surface area contributed by atoms with E-state index in [0.29, 0.717) is 33.7 Å². The Kier molecular flexibility index (Phi) is 9.13. The lowest BCUT2D eigenvalue weighted by Gasteiger charge is -2.18. The Morgan fingerprint density at radius 2 is 2.11 bits per heavy atom. The minimum atomic E-state index is -0.315. The van der Waals surface area contributed by atoms with Gasteiger partial charge < -0.3 is 19.5 Å². The molecule has 0 saturated carbocycles. The maximum Gasteiger partial charge on any atom is 0.266 e. The minimum absolute atomic E-state index is 0.0180. The van der Waals surface area contributed by atoms with E-state index >= 15 is 0 Å². The molecule has 2 aromatic carbocycles. The Balaban J connectivity index is 1.47. The first-order valence-electron chi connectivity index (χ1n) is 12.1. The predicted octanol–water partition coefficient (Wildman–Crippen LogP) is 5.75. The Morgan fingerprint density at radius 3 is 2.81 bits per heavy atom. The number of benzene rings is 2. The van der Waals surface area contributed by atoms with Gasteiger partial charge in [0.15, 0.2) is 18.1 Å². The summed E-state index contributed by atoms with van der Waals surface area (Å²) in [4.78, 5) is 27.6. The van der Waals surface area contributed by atoms with E-state index in [4.69, 9.17) is 38.0 Å². The topological polar surface area (TPSA) is 77.1 Å². The molecule has 0 spiro atoms. The standard InChI is InChI=1S/C27H29ClN2O5S2/c1-4-33-22-12-18(13-23-26(32)30(27(36)37-23)14-19-6-5-9-34-19)11-20(28)25(22)35-15-24(31)29-21-8-7-16(2)10-17(21)3/h7-8,10-13,19H,4-6,9,14-15H2,1-3H3,(H,29,31)/b23-13-/t19-/m0/s1. The van der Waals surface area contributed by atoms with E-state index in [1.54, 1.807) is 23.1 Å². The number of aryl methyl sites for hydroxylation is 2. The average molecular weight is 561 g/mol. The molecule has 1 N–H and O–H groups in total. The Bertz CT molecular complexity index is 1240. The highest BCUT2D eigenvalue weighted by molar-refractivity contribution is 8.26. The Hall–Kier alpha value is -2.59. The van der Waals surface area contributed by atoms with Crippen LogP contribution in [0.3, 0.4) is 0 Å². The van der Waals surface area contributed by atoms with Crippen LogP contribution in [0, 0.1) is 13.8 Å². The van der Waals surface area contributed by atoms with Crippen LogP contribution in [0.15, 0.2) is 35.2 Å². The van der Waals surface area contributed by atoms with Gasteiger partial charge in [-0.25, -0.2) is 0 Å². The van der Waals surface area contributed by atoms with Gasteiger partial charge in [-0.05, 0) is 69.0 Å². The van der Waals surface area contributed by atoms with Crippen molar-refractivity contribution in [2.45, 2.75) is 39.7 Å². The molecule has 2 aromatic rings. The number of amides is 2. The van der Waals surface area contributed by atoms with E-state index in [9.17, 15) is 9.59 Å². The number of carbonyl (C=O) groups is 2. The zero-order chi connectivity index (χ0) is 26.5. The van der Waals surface area contributed by atoms with Gasteiger partial charge in [-0.15, -0.1) is 0 Å². The van der Waals surface area contributed by atoms with E-state index < -0.39 is 0 Å². The summed E-state index contributed by atoms with van der Waals surface area (Å²) >= 11 is 13.2. The molecule has 2 saturated heterocycles. The molecule has 2 fully saturated rings. The molecule has 4 rings (SSSR count). The average Bonchev–Trinajstić information content (AvgIpc) is 3.45. The summed E-state index contributed by atoms with van der Waals surface area (Å²) in [6.07, 6.45) is 3.67. The third kappa shape index (κ3) is 6.84. The summed E-state index contributed by atoms with van der Waals surface area (Å²) in [7, 11) is 0. The van der Waals surface area contributed by atoms with Crippen molar-refractivity contribution in [2.24, 2.45) is 0 Å². The lowest BCUT2D eigenvalue weighted by molar-refractivity contribution is -0.123. The summed E-state index contributed by atoms with van der Waals surface area (Å²) in [5.41, 5.74) is 3.47. The lowest BCUT2D eigenvalue weighted by atomic mass is 10.1. The quantitative estimate of drug-likeness (QED) is 0.309. The number of thioether (sulfide) groups is 1. The largest absolute Gasteiger partial charge is 0.490 e. The Morgan fingerprint density at radius 1 is 1.30 bits per heavy atom. The number of rotatable bonds is 9. The highest BCUT2D eigenvalue weighted by Crippen LogP contribution is 2.39. The lowest BCUT2D eigenvalue weighted by Crippen LogP contribution is -2.35. The number of nitrogens with one attached hydrogen (secondary N) is 1. The molecule has 0 unspecified atom stereocenters. The molecule has 2 amide bonds. The Labute approximate surface area is 231 Å². The normalized spacial score (nSPS) is 18.5. The predicted molar refractivity (Wildman–Crippen MR) is 152 cm³/mol. The second kappa shape index (κ2) is 12.3. The molecule has 7 nitrogen and oxygen atoms in total. The van der Waals surface area contributed by atoms with Gasteiger partial charge in [0, 0.05) is 12.3 Å². The highest BCUT2D eigenvalue weighted by atomic mass is 35.5. The second-order valence-electron chi connectivity index (χ2n) is 8.85. The molecule has 2 aliphatic rings. The molecule has 0 bridgehead atoms. The zero-order valence-corrected chi connectivity index (χ0v) is 23.4. The number of thiocarbonyl (C=S) groups is 1. The summed E-state index contributed by atoms with van der Waals surface area (Å²) < 4.78 is 17.7. The number of carbonyl (C=O) groups excluding carboxylic acids is 2. The smallest absolute Gasteiger partial charge is 0.266 e. The number of anilines is 1. The van der Waals surface area contributed by atoms with Crippen LogP contribution in [-0.4, -0.2) is 53.5 Å². The third-order valence-corrected chi connectivity index (χ3v) is 7.58. The maximum atomic E-state index is 13.0. The van der Waals surface area contributed by atoms with Gasteiger partial charge >= 0.3 is 0 Å². The first-order valence-corrected chi connectivity index (χ1v) is 13.7. The van der Waals surface area contributed by atoms with Crippen LogP contribution >= 0.6 is 35.6 Å². The van der Waals surface area contributed by atoms with Crippen molar-refractivity contribution in [3.05, 3.63) is 56.9 Å². The van der Waals surface area contributed by atoms with Gasteiger partial charge in [0.05, 0.1) is 29.2 Å². The summed E-state index contributed by atoms with van der Waals surface area (Å²) in [5.74, 6) is 0.185. The molecule has 196 valence electrons. The van der Waals surface area contributed by atoms with Crippen molar-refractivity contribution < 1.29 is 23.8 Å². The van der Waals surface area contributed by atoms with Crippen molar-refractivity contribution in [1.82, 2.24) is 4.90 Å². The third-order valence-electron chi connectivity index (χ3n) is 5.92. The van der Waals surface area contributed by atoms with Crippen LogP contribution in [0.25, 0.3) is 6.08 Å². The molecule has 10 heteroatoms. The van der Waals surface area contributed by atoms with Gasteiger partial charge in [-0.1, -0.05) is 53.3 Å². The van der Waals surface area contributed by atoms with Crippen LogP contribution in [-0.2, 0) is 14.3 Å². The van der Waals surface area contributed by atoms with Crippen LogP contribution in [0.4, 0.5) is 5.69 Å². The summed E-state index contributed by atoms with van der Waals surface area (Å²) in [5, 5.41) is 3.12. The van der Waals surface area contributed by atoms with E-state index in [2.05, 4.69) is 5.32 Å². The molecular weight excluding hydrogens is 532 g/mol. The van der Waals surface area contributed by atoms with E-state index in [1.165, 1.54) is 11.8 Å². The van der Waals surface area contributed by atoms with Crippen molar-refractivity contribution in [1.29, 1.82) is 0 Å². The van der Waals surface area contributed by atoms with Crippen molar-refractivity contribution in [3.63, 3.8) is 0 Å². The number of halogens is 1. The number of nitrogens with zero attached hydrogens (tertiary/aromatic N) is 1. The van der Waals surface area contributed by atoms with E-state index in [0.717, 1.165) is 36.3 Å². The van der Waals surface area contributed by atoms with E-state index in [-0.39, 0.29) is 35.3 Å². The van der Waals surface area contributed by atoms with Gasteiger partial charge in [-0.3, -0.25) is 14.5 Å². The van der Waals surface area contributed by atoms with Crippen LogP contribution in [0.5, 0.6) is 11.5 Å². The molecule has 2 aliphatic heterocycles. The van der Waals surface area contributed by atoms with Crippen LogP contribution < -0.4 is 14.8 Å². The monoisotopic (exact) mass is 560 g/mol. The number of hydrogen-bond donors (Lipinski definition) is 1. The molecule has 1 atom stereocenters. The first kappa shape index (κ1) is 27.4. The molecular formula is C27H29ClN2O5S2. The fourth-order valence-electron chi connectivity index (χ4n) is 4.15. The molecule has 0 aliphatic carbocycles. The molecule has 2 heterocycles. The van der Waals surface area contributed by atoms with E-state index in [1.807, 2.05) is 39.0 Å². The molecule has 0 aromatic heterocycles. The van der Waals surface area contributed by atoms with Crippen LogP contribution in [0.1, 0.15) is 36.5 Å². The van der Waals surface area contributed by atoms with Gasteiger partial charge in [0.25, 0.3) is 11.8 Å². The van der Waals surface area contributed by atoms with Gasteiger partial charge in [0.1, 0.15) is 4.32 Å². The van der Waals surface area contributed by atoms with Crippen molar-refractivity contribution in [3.8, 4) is 11.5 Å². The second-order valence-corrected chi connectivity index (χ2v) is 10.9. The molecule has 0 radical (unpaired) electrons. The highest BCUT2D eigenvalue weighted by Gasteiger charge is 2.34. The fourth-order valence-corrected chi connectivity index (χ4v) is 5.70. The van der Waals surface area contributed by atoms with Gasteiger partial charge in [0.2, 0.25) is 0 Å². The SMILES string of the molecule is CCOc1cc(/C=C2\SC(=S)N(C[C@@H]3CCCO3)C2=O)cc(Cl)c1OCC(=O)Nc1ccc(C)cc1C. The van der Waals surface area contributed by atoms with Crippen molar-refractivity contribution in [2.75, 3.05) is 31.7 Å². The minimum Gasteiger partial charge on any atom is -0.490 e. The summed E-state index contributed by atoms with van der Waals surface area (Å²) in [6, 6.07) is 9.20. The number of ether oxygens (including phenoxy) is 3. The number of hydrogen-bond acceptors (Lipinski definition) is 7. The zero-order valence-electron chi connectivity index (χ0n) is 21.0.